The molecule has 0 radical (unpaired) electrons. The van der Waals surface area contributed by atoms with Crippen LogP contribution in [0.25, 0.3) is 10.8 Å². The Balaban J connectivity index is 1.46. The fourth-order valence-electron chi connectivity index (χ4n) is 5.36. The Morgan fingerprint density at radius 1 is 0.976 bits per heavy atom. The zero-order valence-corrected chi connectivity index (χ0v) is 23.7. The Bertz CT molecular complexity index is 1570. The van der Waals surface area contributed by atoms with Crippen LogP contribution in [0, 0.1) is 5.82 Å². The minimum atomic E-state index is -0.722. The first kappa shape index (κ1) is 28.1. The molecule has 0 bridgehead atoms. The molecule has 4 aromatic carbocycles. The van der Waals surface area contributed by atoms with Crippen molar-refractivity contribution in [2.75, 3.05) is 13.7 Å². The number of hydrogen-bond acceptors (Lipinski definition) is 5. The lowest BCUT2D eigenvalue weighted by molar-refractivity contribution is 0.0129. The zero-order valence-electron chi connectivity index (χ0n) is 23.7. The first-order valence-electron chi connectivity index (χ1n) is 13.7. The molecule has 5 rings (SSSR count). The molecule has 0 fully saturated rings. The number of methoxy groups -OCH3 is 1. The molecule has 7 heteroatoms. The van der Waals surface area contributed by atoms with E-state index >= 15 is 0 Å². The Kier molecular flexibility index (Phi) is 7.97. The Morgan fingerprint density at radius 3 is 2.46 bits per heavy atom. The largest absolute Gasteiger partial charge is 0.488 e. The molecule has 2 atom stereocenters. The van der Waals surface area contributed by atoms with Crippen LogP contribution in [0.5, 0.6) is 5.75 Å². The minimum absolute atomic E-state index is 0.112. The van der Waals surface area contributed by atoms with E-state index in [2.05, 4.69) is 0 Å². The van der Waals surface area contributed by atoms with Gasteiger partial charge in [-0.15, -0.1) is 0 Å². The van der Waals surface area contributed by atoms with Crippen molar-refractivity contribution in [1.82, 2.24) is 4.90 Å². The lowest BCUT2D eigenvalue weighted by Crippen LogP contribution is -2.43. The van der Waals surface area contributed by atoms with E-state index in [0.29, 0.717) is 24.3 Å². The lowest BCUT2D eigenvalue weighted by Gasteiger charge is -2.36. The highest BCUT2D eigenvalue weighted by Gasteiger charge is 2.33. The number of rotatable bonds is 6. The van der Waals surface area contributed by atoms with Gasteiger partial charge < -0.3 is 19.1 Å². The smallest absolute Gasteiger partial charge is 0.410 e. The van der Waals surface area contributed by atoms with E-state index in [0.717, 1.165) is 21.9 Å². The number of para-hydroxylation sites is 1. The van der Waals surface area contributed by atoms with Gasteiger partial charge in [-0.05, 0) is 67.3 Å². The molecule has 0 spiro atoms. The van der Waals surface area contributed by atoms with Crippen molar-refractivity contribution >= 4 is 22.8 Å². The molecule has 1 aliphatic rings. The van der Waals surface area contributed by atoms with Gasteiger partial charge in [0.2, 0.25) is 0 Å². The highest BCUT2D eigenvalue weighted by molar-refractivity contribution is 5.89. The second kappa shape index (κ2) is 11.6. The fourth-order valence-corrected chi connectivity index (χ4v) is 5.36. The molecule has 6 nitrogen and oxygen atoms in total. The molecule has 4 aromatic rings. The molecule has 0 saturated carbocycles. The van der Waals surface area contributed by atoms with Crippen LogP contribution in [0.3, 0.4) is 0 Å². The van der Waals surface area contributed by atoms with Crippen LogP contribution in [0.1, 0.15) is 60.2 Å². The first-order valence-corrected chi connectivity index (χ1v) is 13.7. The maximum atomic E-state index is 15.0. The SMILES string of the molecule is COC(=O)c1ccc(C2C[C@H](CN(Cc3cccc4ccccc34)C(=O)OC(C)(C)C)Oc3ccccc32)cc1F. The molecule has 1 heterocycles. The number of hydrogen-bond donors (Lipinski definition) is 0. The molecule has 0 aromatic heterocycles. The summed E-state index contributed by atoms with van der Waals surface area (Å²) in [4.78, 5) is 27.1. The van der Waals surface area contributed by atoms with E-state index in [9.17, 15) is 14.0 Å². The third-order valence-corrected chi connectivity index (χ3v) is 7.20. The van der Waals surface area contributed by atoms with E-state index < -0.39 is 23.5 Å². The van der Waals surface area contributed by atoms with Gasteiger partial charge in [-0.2, -0.15) is 0 Å². The topological polar surface area (TPSA) is 65.1 Å². The van der Waals surface area contributed by atoms with Crippen molar-refractivity contribution in [3.05, 3.63) is 113 Å². The van der Waals surface area contributed by atoms with Gasteiger partial charge in [0.05, 0.1) is 19.2 Å². The van der Waals surface area contributed by atoms with E-state index in [1.54, 1.807) is 11.0 Å². The molecule has 41 heavy (non-hydrogen) atoms. The van der Waals surface area contributed by atoms with Crippen LogP contribution in [-0.2, 0) is 16.0 Å². The summed E-state index contributed by atoms with van der Waals surface area (Å²) in [5.41, 5.74) is 1.86. The van der Waals surface area contributed by atoms with Gasteiger partial charge in [0.25, 0.3) is 0 Å². The number of carbonyl (C=O) groups excluding carboxylic acids is 2. The van der Waals surface area contributed by atoms with E-state index in [1.165, 1.54) is 19.2 Å². The molecule has 1 amide bonds. The summed E-state index contributed by atoms with van der Waals surface area (Å²) < 4.78 is 31.9. The van der Waals surface area contributed by atoms with Crippen molar-refractivity contribution in [3.8, 4) is 5.75 Å². The van der Waals surface area contributed by atoms with Gasteiger partial charge >= 0.3 is 12.1 Å². The van der Waals surface area contributed by atoms with Gasteiger partial charge in [0.15, 0.2) is 0 Å². The standard InChI is InChI=1S/C34H34FNO5/c1-34(2,3)41-33(38)36(20-24-12-9-11-22-10-5-6-13-26(22)24)21-25-19-29(27-14-7-8-15-31(27)40-25)23-16-17-28(30(35)18-23)32(37)39-4/h5-18,25,29H,19-21H2,1-4H3/t25-,29?/m1/s1. The predicted molar refractivity (Wildman–Crippen MR) is 156 cm³/mol. The average Bonchev–Trinajstić information content (AvgIpc) is 2.95. The second-order valence-corrected chi connectivity index (χ2v) is 11.3. The number of amides is 1. The van der Waals surface area contributed by atoms with Gasteiger partial charge in [0, 0.05) is 18.0 Å². The van der Waals surface area contributed by atoms with Crippen molar-refractivity contribution in [3.63, 3.8) is 0 Å². The molecular weight excluding hydrogens is 521 g/mol. The van der Waals surface area contributed by atoms with Gasteiger partial charge in [-0.1, -0.05) is 66.7 Å². The average molecular weight is 556 g/mol. The molecule has 0 aliphatic carbocycles. The first-order chi connectivity index (χ1) is 19.6. The molecular formula is C34H34FNO5. The van der Waals surface area contributed by atoms with Crippen LogP contribution in [-0.4, -0.2) is 42.3 Å². The zero-order chi connectivity index (χ0) is 29.1. The molecule has 1 aliphatic heterocycles. The Hall–Kier alpha value is -4.39. The van der Waals surface area contributed by atoms with Crippen molar-refractivity contribution in [1.29, 1.82) is 0 Å². The monoisotopic (exact) mass is 555 g/mol. The van der Waals surface area contributed by atoms with Crippen LogP contribution >= 0.6 is 0 Å². The number of benzene rings is 4. The summed E-state index contributed by atoms with van der Waals surface area (Å²) >= 11 is 0. The third-order valence-electron chi connectivity index (χ3n) is 7.20. The number of esters is 1. The minimum Gasteiger partial charge on any atom is -0.488 e. The summed E-state index contributed by atoms with van der Waals surface area (Å²) in [6, 6.07) is 26.4. The predicted octanol–water partition coefficient (Wildman–Crippen LogP) is 7.49. The summed E-state index contributed by atoms with van der Waals surface area (Å²) in [5, 5.41) is 2.16. The number of halogens is 1. The van der Waals surface area contributed by atoms with Crippen LogP contribution < -0.4 is 4.74 Å². The summed E-state index contributed by atoms with van der Waals surface area (Å²) in [7, 11) is 1.23. The Morgan fingerprint density at radius 2 is 1.71 bits per heavy atom. The van der Waals surface area contributed by atoms with Gasteiger partial charge in [-0.25, -0.2) is 14.0 Å². The highest BCUT2D eigenvalue weighted by Crippen LogP contribution is 2.41. The molecule has 0 saturated heterocycles. The van der Waals surface area contributed by atoms with Crippen molar-refractivity contribution in [2.45, 2.75) is 51.4 Å². The van der Waals surface area contributed by atoms with E-state index in [-0.39, 0.29) is 24.1 Å². The van der Waals surface area contributed by atoms with Crippen LogP contribution in [0.4, 0.5) is 9.18 Å². The van der Waals surface area contributed by atoms with Crippen molar-refractivity contribution in [2.24, 2.45) is 0 Å². The molecule has 0 N–H and O–H groups in total. The lowest BCUT2D eigenvalue weighted by atomic mass is 9.83. The molecule has 1 unspecified atom stereocenters. The fraction of sp³-hybridized carbons (Fsp3) is 0.294. The summed E-state index contributed by atoms with van der Waals surface area (Å²) in [6.45, 7) is 6.14. The maximum absolute atomic E-state index is 15.0. The second-order valence-electron chi connectivity index (χ2n) is 11.3. The van der Waals surface area contributed by atoms with E-state index in [1.807, 2.05) is 87.5 Å². The Labute approximate surface area is 239 Å². The number of ether oxygens (including phenoxy) is 3. The van der Waals surface area contributed by atoms with Gasteiger partial charge in [-0.3, -0.25) is 0 Å². The maximum Gasteiger partial charge on any atom is 0.410 e. The highest BCUT2D eigenvalue weighted by atomic mass is 19.1. The van der Waals surface area contributed by atoms with E-state index in [4.69, 9.17) is 14.2 Å². The number of nitrogens with zero attached hydrogens (tertiary/aromatic N) is 1. The third kappa shape index (κ3) is 6.35. The molecule has 212 valence electrons. The van der Waals surface area contributed by atoms with Crippen LogP contribution in [0.15, 0.2) is 84.9 Å². The summed E-state index contributed by atoms with van der Waals surface area (Å²) in [6.07, 6.45) is -0.318. The van der Waals surface area contributed by atoms with Crippen LogP contribution in [0.2, 0.25) is 0 Å². The normalized spacial score (nSPS) is 16.4. The summed E-state index contributed by atoms with van der Waals surface area (Å²) in [5.74, 6) is -0.883. The van der Waals surface area contributed by atoms with Gasteiger partial charge in [0.1, 0.15) is 23.3 Å². The quantitative estimate of drug-likeness (QED) is 0.231. The van der Waals surface area contributed by atoms with Crippen molar-refractivity contribution < 1.29 is 28.2 Å². The number of carbonyl (C=O) groups is 2. The number of fused-ring (bicyclic) bond motifs is 2.